The molecule has 0 aromatic carbocycles. The Morgan fingerprint density at radius 2 is 2.38 bits per heavy atom. The van der Waals surface area contributed by atoms with Crippen LogP contribution in [0.15, 0.2) is 11.6 Å². The highest BCUT2D eigenvalue weighted by Crippen LogP contribution is 2.25. The summed E-state index contributed by atoms with van der Waals surface area (Å²) in [5.74, 6) is 0. The maximum Gasteiger partial charge on any atom is 0.0840 e. The Morgan fingerprint density at radius 3 is 2.92 bits per heavy atom. The van der Waals surface area contributed by atoms with Crippen LogP contribution in [-0.4, -0.2) is 23.9 Å². The van der Waals surface area contributed by atoms with Gasteiger partial charge in [-0.1, -0.05) is 18.6 Å². The molecule has 1 fully saturated rings. The SMILES string of the molecule is C/C=C1\CCC(OCCC)C(O)C1. The first-order valence-corrected chi connectivity index (χ1v) is 5.21. The van der Waals surface area contributed by atoms with Crippen molar-refractivity contribution < 1.29 is 9.84 Å². The van der Waals surface area contributed by atoms with Crippen LogP contribution in [0.1, 0.15) is 39.5 Å². The van der Waals surface area contributed by atoms with E-state index in [-0.39, 0.29) is 12.2 Å². The van der Waals surface area contributed by atoms with Gasteiger partial charge in [0.2, 0.25) is 0 Å². The second kappa shape index (κ2) is 5.40. The van der Waals surface area contributed by atoms with E-state index in [0.29, 0.717) is 0 Å². The van der Waals surface area contributed by atoms with Crippen molar-refractivity contribution in [3.05, 3.63) is 11.6 Å². The second-order valence-electron chi connectivity index (χ2n) is 3.67. The zero-order valence-corrected chi connectivity index (χ0v) is 8.62. The minimum Gasteiger partial charge on any atom is -0.390 e. The van der Waals surface area contributed by atoms with Crippen LogP contribution in [0, 0.1) is 0 Å². The van der Waals surface area contributed by atoms with Gasteiger partial charge < -0.3 is 9.84 Å². The molecule has 0 bridgehead atoms. The van der Waals surface area contributed by atoms with Gasteiger partial charge in [-0.3, -0.25) is 0 Å². The molecule has 0 saturated heterocycles. The van der Waals surface area contributed by atoms with Crippen LogP contribution in [0.2, 0.25) is 0 Å². The summed E-state index contributed by atoms with van der Waals surface area (Å²) in [4.78, 5) is 0. The van der Waals surface area contributed by atoms with Gasteiger partial charge in [0.15, 0.2) is 0 Å². The van der Waals surface area contributed by atoms with E-state index in [9.17, 15) is 5.11 Å². The molecule has 13 heavy (non-hydrogen) atoms. The summed E-state index contributed by atoms with van der Waals surface area (Å²) >= 11 is 0. The zero-order chi connectivity index (χ0) is 9.68. The number of aliphatic hydroxyl groups is 1. The van der Waals surface area contributed by atoms with Crippen LogP contribution in [0.4, 0.5) is 0 Å². The molecular weight excluding hydrogens is 164 g/mol. The Hall–Kier alpha value is -0.340. The predicted octanol–water partition coefficient (Wildman–Crippen LogP) is 2.27. The Balaban J connectivity index is 2.35. The van der Waals surface area contributed by atoms with E-state index in [0.717, 1.165) is 32.3 Å². The molecule has 0 spiro atoms. The third-order valence-electron chi connectivity index (χ3n) is 2.59. The molecule has 0 aromatic heterocycles. The van der Waals surface area contributed by atoms with Crippen molar-refractivity contribution in [2.24, 2.45) is 0 Å². The number of hydrogen-bond donors (Lipinski definition) is 1. The molecule has 0 amide bonds. The molecule has 1 aliphatic carbocycles. The Bertz CT molecular complexity index is 175. The quantitative estimate of drug-likeness (QED) is 0.682. The highest BCUT2D eigenvalue weighted by Gasteiger charge is 2.25. The standard InChI is InChI=1S/C11H20O2/c1-3-7-13-11-6-5-9(4-2)8-10(11)12/h4,10-12H,3,5-8H2,1-2H3/b9-4+. The fourth-order valence-electron chi connectivity index (χ4n) is 1.75. The second-order valence-corrected chi connectivity index (χ2v) is 3.67. The summed E-state index contributed by atoms with van der Waals surface area (Å²) in [7, 11) is 0. The molecule has 1 saturated carbocycles. The normalized spacial score (nSPS) is 32.4. The number of hydrogen-bond acceptors (Lipinski definition) is 2. The molecule has 2 nitrogen and oxygen atoms in total. The molecule has 0 aromatic rings. The molecule has 0 heterocycles. The maximum absolute atomic E-state index is 9.73. The largest absolute Gasteiger partial charge is 0.390 e. The van der Waals surface area contributed by atoms with Crippen LogP contribution in [0.25, 0.3) is 0 Å². The van der Waals surface area contributed by atoms with Crippen molar-refractivity contribution >= 4 is 0 Å². The van der Waals surface area contributed by atoms with E-state index >= 15 is 0 Å². The number of ether oxygens (including phenoxy) is 1. The van der Waals surface area contributed by atoms with E-state index in [1.165, 1.54) is 5.57 Å². The van der Waals surface area contributed by atoms with Crippen molar-refractivity contribution in [2.45, 2.75) is 51.7 Å². The summed E-state index contributed by atoms with van der Waals surface area (Å²) < 4.78 is 5.56. The van der Waals surface area contributed by atoms with Gasteiger partial charge in [0.05, 0.1) is 12.2 Å². The van der Waals surface area contributed by atoms with Crippen LogP contribution < -0.4 is 0 Å². The van der Waals surface area contributed by atoms with E-state index in [4.69, 9.17) is 4.74 Å². The molecule has 1 rings (SSSR count). The lowest BCUT2D eigenvalue weighted by molar-refractivity contribution is -0.0490. The fourth-order valence-corrected chi connectivity index (χ4v) is 1.75. The molecule has 76 valence electrons. The van der Waals surface area contributed by atoms with Crippen LogP contribution >= 0.6 is 0 Å². The van der Waals surface area contributed by atoms with Crippen molar-refractivity contribution in [1.29, 1.82) is 0 Å². The summed E-state index contributed by atoms with van der Waals surface area (Å²) in [5, 5.41) is 9.73. The smallest absolute Gasteiger partial charge is 0.0840 e. The van der Waals surface area contributed by atoms with E-state index in [1.54, 1.807) is 0 Å². The van der Waals surface area contributed by atoms with Crippen LogP contribution in [0.3, 0.4) is 0 Å². The molecule has 0 radical (unpaired) electrons. The third-order valence-corrected chi connectivity index (χ3v) is 2.59. The summed E-state index contributed by atoms with van der Waals surface area (Å²) in [5.41, 5.74) is 1.36. The average molecular weight is 184 g/mol. The molecule has 0 aliphatic heterocycles. The van der Waals surface area contributed by atoms with Gasteiger partial charge in [0.1, 0.15) is 0 Å². The van der Waals surface area contributed by atoms with Gasteiger partial charge >= 0.3 is 0 Å². The Kier molecular flexibility index (Phi) is 4.46. The molecule has 1 aliphatic rings. The van der Waals surface area contributed by atoms with Gasteiger partial charge in [-0.2, -0.15) is 0 Å². The summed E-state index contributed by atoms with van der Waals surface area (Å²) in [6.45, 7) is 4.90. The van der Waals surface area contributed by atoms with Crippen molar-refractivity contribution in [3.63, 3.8) is 0 Å². The Labute approximate surface area is 80.6 Å². The Morgan fingerprint density at radius 1 is 1.62 bits per heavy atom. The first kappa shape index (κ1) is 10.7. The van der Waals surface area contributed by atoms with Gasteiger partial charge in [-0.05, 0) is 32.6 Å². The van der Waals surface area contributed by atoms with E-state index in [1.807, 2.05) is 6.92 Å². The van der Waals surface area contributed by atoms with E-state index < -0.39 is 0 Å². The summed E-state index contributed by atoms with van der Waals surface area (Å²) in [6.07, 6.45) is 5.78. The first-order chi connectivity index (χ1) is 6.27. The lowest BCUT2D eigenvalue weighted by Gasteiger charge is -2.29. The van der Waals surface area contributed by atoms with Crippen molar-refractivity contribution in [3.8, 4) is 0 Å². The van der Waals surface area contributed by atoms with Crippen LogP contribution in [0.5, 0.6) is 0 Å². The first-order valence-electron chi connectivity index (χ1n) is 5.21. The van der Waals surface area contributed by atoms with Crippen molar-refractivity contribution in [1.82, 2.24) is 0 Å². The molecule has 2 heteroatoms. The topological polar surface area (TPSA) is 29.5 Å². The third kappa shape index (κ3) is 3.12. The lowest BCUT2D eigenvalue weighted by atomic mass is 9.90. The number of rotatable bonds is 3. The molecule has 2 unspecified atom stereocenters. The van der Waals surface area contributed by atoms with Gasteiger partial charge in [0.25, 0.3) is 0 Å². The number of allylic oxidation sites excluding steroid dienone is 1. The average Bonchev–Trinajstić information content (AvgIpc) is 2.16. The maximum atomic E-state index is 9.73. The monoisotopic (exact) mass is 184 g/mol. The van der Waals surface area contributed by atoms with Gasteiger partial charge in [0, 0.05) is 6.61 Å². The fraction of sp³-hybridized carbons (Fsp3) is 0.818. The zero-order valence-electron chi connectivity index (χ0n) is 8.62. The lowest BCUT2D eigenvalue weighted by Crippen LogP contribution is -2.33. The highest BCUT2D eigenvalue weighted by atomic mass is 16.5. The minimum absolute atomic E-state index is 0.0728. The minimum atomic E-state index is -0.286. The van der Waals surface area contributed by atoms with Gasteiger partial charge in [-0.25, -0.2) is 0 Å². The van der Waals surface area contributed by atoms with Crippen LogP contribution in [-0.2, 0) is 4.74 Å². The molecule has 2 atom stereocenters. The highest BCUT2D eigenvalue weighted by molar-refractivity contribution is 5.06. The number of aliphatic hydroxyl groups excluding tert-OH is 1. The summed E-state index contributed by atoms with van der Waals surface area (Å²) in [6, 6.07) is 0. The van der Waals surface area contributed by atoms with Crippen molar-refractivity contribution in [2.75, 3.05) is 6.61 Å². The van der Waals surface area contributed by atoms with Gasteiger partial charge in [-0.15, -0.1) is 0 Å². The predicted molar refractivity (Wildman–Crippen MR) is 53.6 cm³/mol. The molecular formula is C11H20O2. The molecule has 1 N–H and O–H groups in total. The van der Waals surface area contributed by atoms with E-state index in [2.05, 4.69) is 13.0 Å².